The second kappa shape index (κ2) is 13.0. The molecule has 0 fully saturated rings. The fourth-order valence-corrected chi connectivity index (χ4v) is 15.9. The quantitative estimate of drug-likeness (QED) is 0.159. The third-order valence-corrected chi connectivity index (χ3v) is 17.5. The summed E-state index contributed by atoms with van der Waals surface area (Å²) in [7, 11) is -0.804. The molecule has 0 radical (unpaired) electrons. The molecule has 0 amide bonds. The highest BCUT2D eigenvalue weighted by Crippen LogP contribution is 2.39. The molecule has 5 nitrogen and oxygen atoms in total. The van der Waals surface area contributed by atoms with Crippen molar-refractivity contribution in [2.24, 2.45) is 7.05 Å². The Balaban J connectivity index is 1.10. The van der Waals surface area contributed by atoms with Crippen molar-refractivity contribution in [2.75, 3.05) is 0 Å². The minimum atomic E-state index is -2.86. The van der Waals surface area contributed by atoms with Gasteiger partial charge in [-0.15, -0.1) is 0 Å². The van der Waals surface area contributed by atoms with E-state index in [1.165, 1.54) is 41.3 Å². The van der Waals surface area contributed by atoms with Gasteiger partial charge in [-0.3, -0.25) is 4.57 Å². The number of benzene rings is 7. The summed E-state index contributed by atoms with van der Waals surface area (Å²) in [6.07, 6.45) is 2.12. The van der Waals surface area contributed by atoms with Crippen LogP contribution in [-0.2, 0) is 7.05 Å². The van der Waals surface area contributed by atoms with Crippen LogP contribution in [0.25, 0.3) is 50.0 Å². The Morgan fingerprint density at radius 2 is 1.25 bits per heavy atom. The van der Waals surface area contributed by atoms with Crippen LogP contribution in [0.2, 0.25) is 0 Å². The number of imidazole rings is 1. The van der Waals surface area contributed by atoms with Gasteiger partial charge in [0.2, 0.25) is 0 Å². The second-order valence-corrected chi connectivity index (χ2v) is 19.0. The zero-order valence-corrected chi connectivity index (χ0v) is 32.3. The maximum Gasteiger partial charge on any atom is 0.182 e. The molecule has 7 aromatic carbocycles. The van der Waals surface area contributed by atoms with Crippen LogP contribution in [0.15, 0.2) is 198 Å². The van der Waals surface area contributed by atoms with E-state index < -0.39 is 8.07 Å². The number of ether oxygens (including phenoxy) is 1. The van der Waals surface area contributed by atoms with Crippen LogP contribution in [0.1, 0.15) is 0 Å². The van der Waals surface area contributed by atoms with Crippen molar-refractivity contribution in [3.05, 3.63) is 188 Å². The van der Waals surface area contributed by atoms with Crippen LogP contribution in [0.5, 0.6) is 11.5 Å². The summed E-state index contributed by atoms with van der Waals surface area (Å²) >= 11 is 1.84. The molecule has 10 aromatic rings. The van der Waals surface area contributed by atoms with Gasteiger partial charge < -0.3 is 9.30 Å². The average molecular weight is 755 g/mol. The zero-order valence-electron chi connectivity index (χ0n) is 30.5. The Hall–Kier alpha value is -6.67. The summed E-state index contributed by atoms with van der Waals surface area (Å²) in [6, 6.07) is 64.9. The highest BCUT2D eigenvalue weighted by atomic mass is 32.2. The molecule has 0 unspecified atom stereocenters. The first-order chi connectivity index (χ1) is 27.7. The van der Waals surface area contributed by atoms with Gasteiger partial charge in [0.1, 0.15) is 23.0 Å². The van der Waals surface area contributed by atoms with Gasteiger partial charge in [0.05, 0.1) is 22.2 Å². The number of hydrogen-bond donors (Lipinski definition) is 0. The molecule has 0 N–H and O–H groups in total. The minimum absolute atomic E-state index is 0.746. The predicted octanol–water partition coefficient (Wildman–Crippen LogP) is 9.37. The number of pyridine rings is 1. The monoisotopic (exact) mass is 754 g/mol. The number of rotatable bonds is 6. The van der Waals surface area contributed by atoms with Crippen LogP contribution in [0.3, 0.4) is 0 Å². The molecule has 0 saturated carbocycles. The Labute approximate surface area is 329 Å². The standard InChI is InChI=1S/C49H34N4OSSi/c1-52-42-27-11-9-25-40(42)51-48(52)33-16-14-18-35(30-33)54-36-19-15-17-34(31-36)53-41-26-10-8-24-39(41)46-47-44(32-50-49(46)53)55-43-28-12-13-29-45(43)56(47,37-20-4-2-5-21-37)38-22-6-3-7-23-38/h2-32H,1H3. The third-order valence-electron chi connectivity index (χ3n) is 11.1. The van der Waals surface area contributed by atoms with Crippen LogP contribution in [0.4, 0.5) is 0 Å². The molecule has 7 heteroatoms. The van der Waals surface area contributed by atoms with E-state index in [-0.39, 0.29) is 0 Å². The Kier molecular flexibility index (Phi) is 7.59. The SMILES string of the molecule is Cn1c(-c2cccc(Oc3cccc(-n4c5ccccc5c5c6c(cnc54)Sc4ccccc4[Si]6(c4ccccc4)c4ccccc4)c3)c2)nc2ccccc21. The van der Waals surface area contributed by atoms with Crippen LogP contribution in [-0.4, -0.2) is 27.2 Å². The van der Waals surface area contributed by atoms with Crippen molar-refractivity contribution in [3.63, 3.8) is 0 Å². The maximum atomic E-state index is 6.63. The van der Waals surface area contributed by atoms with E-state index in [9.17, 15) is 0 Å². The van der Waals surface area contributed by atoms with Gasteiger partial charge in [-0.05, 0) is 69.3 Å². The molecular formula is C49H34N4OSSi. The topological polar surface area (TPSA) is 44.9 Å². The van der Waals surface area contributed by atoms with Crippen LogP contribution < -0.4 is 25.5 Å². The van der Waals surface area contributed by atoms with E-state index in [2.05, 4.69) is 168 Å². The number of nitrogens with zero attached hydrogens (tertiary/aromatic N) is 4. The molecule has 1 aliphatic heterocycles. The molecule has 3 aromatic heterocycles. The summed E-state index contributed by atoms with van der Waals surface area (Å²) in [4.78, 5) is 12.8. The molecule has 1 aliphatic rings. The van der Waals surface area contributed by atoms with Gasteiger partial charge in [-0.1, -0.05) is 139 Å². The normalized spacial score (nSPS) is 13.2. The molecule has 266 valence electrons. The number of aryl methyl sites for hydroxylation is 1. The zero-order chi connectivity index (χ0) is 37.2. The lowest BCUT2D eigenvalue weighted by Gasteiger charge is -2.40. The van der Waals surface area contributed by atoms with Crippen molar-refractivity contribution in [1.29, 1.82) is 0 Å². The van der Waals surface area contributed by atoms with Crippen molar-refractivity contribution in [3.8, 4) is 28.6 Å². The van der Waals surface area contributed by atoms with Gasteiger partial charge in [-0.25, -0.2) is 9.97 Å². The van der Waals surface area contributed by atoms with Gasteiger partial charge in [-0.2, -0.15) is 0 Å². The highest BCUT2D eigenvalue weighted by molar-refractivity contribution is 8.00. The first-order valence-corrected chi connectivity index (χ1v) is 21.6. The fraction of sp³-hybridized carbons (Fsp3) is 0.0204. The summed E-state index contributed by atoms with van der Waals surface area (Å²) in [6.45, 7) is 0. The van der Waals surface area contributed by atoms with Gasteiger partial charge in [0.15, 0.2) is 8.07 Å². The summed E-state index contributed by atoms with van der Waals surface area (Å²) in [5.74, 6) is 2.39. The van der Waals surface area contributed by atoms with E-state index in [1.54, 1.807) is 0 Å². The van der Waals surface area contributed by atoms with E-state index in [0.717, 1.165) is 50.8 Å². The molecule has 0 aliphatic carbocycles. The molecule has 0 bridgehead atoms. The van der Waals surface area contributed by atoms with E-state index in [1.807, 2.05) is 48.2 Å². The predicted molar refractivity (Wildman–Crippen MR) is 233 cm³/mol. The van der Waals surface area contributed by atoms with Crippen molar-refractivity contribution >= 4 is 73.6 Å². The molecule has 11 rings (SSSR count). The smallest absolute Gasteiger partial charge is 0.182 e. The Morgan fingerprint density at radius 3 is 2.04 bits per heavy atom. The van der Waals surface area contributed by atoms with Gasteiger partial charge in [0.25, 0.3) is 0 Å². The first-order valence-electron chi connectivity index (χ1n) is 18.8. The Bertz CT molecular complexity index is 3080. The number of para-hydroxylation sites is 3. The molecule has 4 heterocycles. The maximum absolute atomic E-state index is 6.63. The van der Waals surface area contributed by atoms with Gasteiger partial charge in [0, 0.05) is 45.4 Å². The minimum Gasteiger partial charge on any atom is -0.457 e. The highest BCUT2D eigenvalue weighted by Gasteiger charge is 2.48. The van der Waals surface area contributed by atoms with E-state index >= 15 is 0 Å². The summed E-state index contributed by atoms with van der Waals surface area (Å²) in [5, 5.41) is 7.93. The molecular weight excluding hydrogens is 721 g/mol. The Morgan fingerprint density at radius 1 is 0.589 bits per heavy atom. The van der Waals surface area contributed by atoms with Crippen LogP contribution >= 0.6 is 11.8 Å². The van der Waals surface area contributed by atoms with Gasteiger partial charge >= 0.3 is 0 Å². The average Bonchev–Trinajstić information content (AvgIpc) is 3.78. The second-order valence-electron chi connectivity index (χ2n) is 14.2. The number of aromatic nitrogens is 4. The molecule has 56 heavy (non-hydrogen) atoms. The summed E-state index contributed by atoms with van der Waals surface area (Å²) in [5.41, 5.74) is 6.10. The lowest BCUT2D eigenvalue weighted by Crippen LogP contribution is -2.76. The summed E-state index contributed by atoms with van der Waals surface area (Å²) < 4.78 is 11.1. The molecule has 0 spiro atoms. The first kappa shape index (κ1) is 32.7. The van der Waals surface area contributed by atoms with Crippen LogP contribution in [0, 0.1) is 0 Å². The van der Waals surface area contributed by atoms with E-state index in [4.69, 9.17) is 14.7 Å². The van der Waals surface area contributed by atoms with E-state index in [0.29, 0.717) is 0 Å². The number of fused-ring (bicyclic) bond motifs is 7. The lowest BCUT2D eigenvalue weighted by atomic mass is 10.2. The third kappa shape index (κ3) is 4.94. The van der Waals surface area contributed by atoms with Crippen molar-refractivity contribution < 1.29 is 4.74 Å². The number of hydrogen-bond acceptors (Lipinski definition) is 4. The van der Waals surface area contributed by atoms with Crippen molar-refractivity contribution in [1.82, 2.24) is 19.1 Å². The molecule has 0 atom stereocenters. The lowest BCUT2D eigenvalue weighted by molar-refractivity contribution is 0.482. The molecule has 0 saturated heterocycles. The van der Waals surface area contributed by atoms with Crippen molar-refractivity contribution in [2.45, 2.75) is 9.79 Å². The fourth-order valence-electron chi connectivity index (χ4n) is 8.80. The largest absolute Gasteiger partial charge is 0.457 e.